The molecule has 0 aliphatic carbocycles. The first-order chi connectivity index (χ1) is 13.8. The van der Waals surface area contributed by atoms with E-state index in [9.17, 15) is 4.79 Å². The summed E-state index contributed by atoms with van der Waals surface area (Å²) in [6.07, 6.45) is 0. The van der Waals surface area contributed by atoms with Gasteiger partial charge in [-0.2, -0.15) is 5.10 Å². The standard InChI is InChI=1S/C19H25N7O3/c1-5-29-14-7-6-12(21-19(20)25(3)8-9-27)10-13(14)17-22-15-11(2)24-26(4)16(15)18(28)23-17/h6-7,10,27H,5,8-9H2,1-4H3,(H2,20,21)(H,22,23,28). The molecular formula is C19H25N7O3. The van der Waals surface area contributed by atoms with Gasteiger partial charge in [0.05, 0.1) is 30.2 Å². The number of nitrogens with two attached hydrogens (primary N) is 1. The number of aliphatic hydroxyl groups is 1. The van der Waals surface area contributed by atoms with Crippen molar-refractivity contribution in [3.63, 3.8) is 0 Å². The summed E-state index contributed by atoms with van der Waals surface area (Å²) in [6.45, 7) is 4.47. The lowest BCUT2D eigenvalue weighted by molar-refractivity contribution is 0.263. The number of likely N-dealkylation sites (N-methyl/N-ethyl adjacent to an activating group) is 1. The first kappa shape index (κ1) is 20.3. The van der Waals surface area contributed by atoms with Gasteiger partial charge in [-0.05, 0) is 32.0 Å². The summed E-state index contributed by atoms with van der Waals surface area (Å²) in [4.78, 5) is 26.1. The van der Waals surface area contributed by atoms with E-state index in [0.29, 0.717) is 52.7 Å². The fourth-order valence-corrected chi connectivity index (χ4v) is 3.01. The molecule has 29 heavy (non-hydrogen) atoms. The number of rotatable bonds is 6. The van der Waals surface area contributed by atoms with Crippen LogP contribution in [0.5, 0.6) is 5.75 Å². The van der Waals surface area contributed by atoms with Crippen molar-refractivity contribution in [1.82, 2.24) is 24.6 Å². The zero-order chi connectivity index (χ0) is 21.1. The number of fused-ring (bicyclic) bond motifs is 1. The zero-order valence-corrected chi connectivity index (χ0v) is 16.9. The van der Waals surface area contributed by atoms with Gasteiger partial charge in [-0.15, -0.1) is 0 Å². The number of aromatic amines is 1. The molecule has 0 aliphatic heterocycles. The number of aromatic nitrogens is 4. The van der Waals surface area contributed by atoms with Crippen LogP contribution in [0.25, 0.3) is 22.4 Å². The molecule has 3 aromatic rings. The molecule has 1 aromatic carbocycles. The molecule has 2 aromatic heterocycles. The number of hydrogen-bond donors (Lipinski definition) is 3. The minimum Gasteiger partial charge on any atom is -0.493 e. The molecule has 0 saturated heterocycles. The highest BCUT2D eigenvalue weighted by Crippen LogP contribution is 2.32. The van der Waals surface area contributed by atoms with E-state index in [0.717, 1.165) is 0 Å². The van der Waals surface area contributed by atoms with Crippen LogP contribution in [0, 0.1) is 6.92 Å². The second-order valence-electron chi connectivity index (χ2n) is 6.55. The van der Waals surface area contributed by atoms with E-state index in [1.54, 1.807) is 44.1 Å². The Balaban J connectivity index is 2.14. The Hall–Kier alpha value is -3.40. The Kier molecular flexibility index (Phi) is 5.83. The van der Waals surface area contributed by atoms with Gasteiger partial charge in [0.2, 0.25) is 0 Å². The fourth-order valence-electron chi connectivity index (χ4n) is 3.01. The summed E-state index contributed by atoms with van der Waals surface area (Å²) >= 11 is 0. The number of nitrogens with one attached hydrogen (secondary N) is 1. The molecule has 4 N–H and O–H groups in total. The Morgan fingerprint density at radius 2 is 2.21 bits per heavy atom. The molecule has 0 aliphatic rings. The number of H-pyrrole nitrogens is 1. The third-order valence-electron chi connectivity index (χ3n) is 4.45. The number of aliphatic hydroxyl groups excluding tert-OH is 1. The summed E-state index contributed by atoms with van der Waals surface area (Å²) in [7, 11) is 3.45. The molecule has 10 nitrogen and oxygen atoms in total. The van der Waals surface area contributed by atoms with Crippen molar-refractivity contribution in [1.29, 1.82) is 0 Å². The van der Waals surface area contributed by atoms with Crippen molar-refractivity contribution < 1.29 is 9.84 Å². The van der Waals surface area contributed by atoms with Crippen molar-refractivity contribution in [3.05, 3.63) is 34.2 Å². The van der Waals surface area contributed by atoms with Crippen molar-refractivity contribution in [2.75, 3.05) is 26.8 Å². The predicted octanol–water partition coefficient (Wildman–Crippen LogP) is 0.901. The number of nitrogens with zero attached hydrogens (tertiary/aromatic N) is 5. The molecule has 0 saturated carbocycles. The average molecular weight is 399 g/mol. The molecular weight excluding hydrogens is 374 g/mol. The molecule has 0 atom stereocenters. The maximum absolute atomic E-state index is 12.6. The van der Waals surface area contributed by atoms with Crippen LogP contribution >= 0.6 is 0 Å². The molecule has 0 spiro atoms. The Bertz CT molecular complexity index is 1120. The van der Waals surface area contributed by atoms with E-state index in [1.165, 1.54) is 4.68 Å². The summed E-state index contributed by atoms with van der Waals surface area (Å²) < 4.78 is 7.23. The van der Waals surface area contributed by atoms with E-state index in [2.05, 4.69) is 20.1 Å². The van der Waals surface area contributed by atoms with Crippen LogP contribution in [-0.4, -0.2) is 62.5 Å². The van der Waals surface area contributed by atoms with Gasteiger partial charge in [-0.1, -0.05) is 0 Å². The first-order valence-electron chi connectivity index (χ1n) is 9.22. The number of guanidine groups is 1. The van der Waals surface area contributed by atoms with Crippen LogP contribution in [0.1, 0.15) is 12.6 Å². The smallest absolute Gasteiger partial charge is 0.277 e. The Morgan fingerprint density at radius 1 is 1.45 bits per heavy atom. The van der Waals surface area contributed by atoms with Gasteiger partial charge >= 0.3 is 0 Å². The van der Waals surface area contributed by atoms with E-state index in [1.807, 2.05) is 6.92 Å². The molecule has 2 heterocycles. The molecule has 0 radical (unpaired) electrons. The predicted molar refractivity (Wildman–Crippen MR) is 111 cm³/mol. The lowest BCUT2D eigenvalue weighted by atomic mass is 10.1. The average Bonchev–Trinajstić information content (AvgIpc) is 2.97. The maximum Gasteiger partial charge on any atom is 0.277 e. The second-order valence-corrected chi connectivity index (χ2v) is 6.55. The van der Waals surface area contributed by atoms with Gasteiger partial charge < -0.3 is 25.5 Å². The maximum atomic E-state index is 12.6. The molecule has 3 rings (SSSR count). The molecule has 10 heteroatoms. The zero-order valence-electron chi connectivity index (χ0n) is 16.9. The number of aliphatic imine (C=N–C) groups is 1. The summed E-state index contributed by atoms with van der Waals surface area (Å²) in [5, 5.41) is 13.3. The summed E-state index contributed by atoms with van der Waals surface area (Å²) in [6, 6.07) is 5.28. The fraction of sp³-hybridized carbons (Fsp3) is 0.368. The van der Waals surface area contributed by atoms with E-state index < -0.39 is 0 Å². The monoisotopic (exact) mass is 399 g/mol. The summed E-state index contributed by atoms with van der Waals surface area (Å²) in [5.74, 6) is 1.19. The molecule has 0 amide bonds. The minimum absolute atomic E-state index is 0.0309. The van der Waals surface area contributed by atoms with Gasteiger partial charge in [-0.25, -0.2) is 9.98 Å². The van der Waals surface area contributed by atoms with E-state index in [4.69, 9.17) is 15.6 Å². The highest BCUT2D eigenvalue weighted by atomic mass is 16.5. The summed E-state index contributed by atoms with van der Waals surface area (Å²) in [5.41, 5.74) is 8.47. The van der Waals surface area contributed by atoms with Gasteiger partial charge in [0.1, 0.15) is 17.1 Å². The molecule has 0 unspecified atom stereocenters. The van der Waals surface area contributed by atoms with Crippen LogP contribution < -0.4 is 16.0 Å². The van der Waals surface area contributed by atoms with Crippen molar-refractivity contribution in [2.24, 2.45) is 17.8 Å². The van der Waals surface area contributed by atoms with Gasteiger partial charge in [0, 0.05) is 20.6 Å². The number of aryl methyl sites for hydroxylation is 2. The first-order valence-corrected chi connectivity index (χ1v) is 9.22. The van der Waals surface area contributed by atoms with Crippen LogP contribution in [0.2, 0.25) is 0 Å². The number of hydrogen-bond acceptors (Lipinski definition) is 6. The van der Waals surface area contributed by atoms with E-state index >= 15 is 0 Å². The van der Waals surface area contributed by atoms with Crippen molar-refractivity contribution >= 4 is 22.7 Å². The Morgan fingerprint density at radius 3 is 2.90 bits per heavy atom. The number of benzene rings is 1. The van der Waals surface area contributed by atoms with Crippen molar-refractivity contribution in [2.45, 2.75) is 13.8 Å². The van der Waals surface area contributed by atoms with Crippen molar-refractivity contribution in [3.8, 4) is 17.1 Å². The molecule has 154 valence electrons. The van der Waals surface area contributed by atoms with Crippen LogP contribution in [0.15, 0.2) is 28.0 Å². The van der Waals surface area contributed by atoms with Gasteiger partial charge in [-0.3, -0.25) is 9.48 Å². The lowest BCUT2D eigenvalue weighted by Crippen LogP contribution is -2.35. The van der Waals surface area contributed by atoms with Crippen LogP contribution in [0.4, 0.5) is 5.69 Å². The van der Waals surface area contributed by atoms with Crippen LogP contribution in [0.3, 0.4) is 0 Å². The quantitative estimate of drug-likeness (QED) is 0.414. The highest BCUT2D eigenvalue weighted by molar-refractivity contribution is 5.83. The van der Waals surface area contributed by atoms with Gasteiger partial charge in [0.15, 0.2) is 11.5 Å². The van der Waals surface area contributed by atoms with E-state index in [-0.39, 0.29) is 18.1 Å². The molecule has 0 bridgehead atoms. The second kappa shape index (κ2) is 8.31. The molecule has 0 fully saturated rings. The lowest BCUT2D eigenvalue weighted by Gasteiger charge is -2.16. The third kappa shape index (κ3) is 4.06. The highest BCUT2D eigenvalue weighted by Gasteiger charge is 2.16. The third-order valence-corrected chi connectivity index (χ3v) is 4.45. The number of ether oxygens (including phenoxy) is 1. The van der Waals surface area contributed by atoms with Crippen LogP contribution in [-0.2, 0) is 7.05 Å². The minimum atomic E-state index is -0.286. The normalized spacial score (nSPS) is 11.8. The SMILES string of the molecule is CCOc1ccc(N=C(N)N(C)CCO)cc1-c1nc2c(C)nn(C)c2c(=O)[nH]1. The largest absolute Gasteiger partial charge is 0.493 e. The van der Waals surface area contributed by atoms with Gasteiger partial charge in [0.25, 0.3) is 5.56 Å². The Labute approximate surface area is 167 Å². The topological polar surface area (TPSA) is 135 Å².